The molecular formula is C22H25ClN4O2. The number of halogens is 1. The van der Waals surface area contributed by atoms with Crippen molar-refractivity contribution in [3.05, 3.63) is 76.1 Å². The summed E-state index contributed by atoms with van der Waals surface area (Å²) in [7, 11) is 3.45. The summed E-state index contributed by atoms with van der Waals surface area (Å²) in [6.07, 6.45) is 3.63. The lowest BCUT2D eigenvalue weighted by molar-refractivity contribution is 0.206. The van der Waals surface area contributed by atoms with Gasteiger partial charge >= 0.3 is 6.03 Å². The zero-order valence-electron chi connectivity index (χ0n) is 17.1. The summed E-state index contributed by atoms with van der Waals surface area (Å²) in [5, 5.41) is 7.95. The molecule has 0 aliphatic rings. The van der Waals surface area contributed by atoms with Gasteiger partial charge in [0.25, 0.3) is 0 Å². The van der Waals surface area contributed by atoms with Crippen molar-refractivity contribution in [2.24, 2.45) is 0 Å². The van der Waals surface area contributed by atoms with Gasteiger partial charge in [-0.15, -0.1) is 0 Å². The zero-order chi connectivity index (χ0) is 21.0. The molecule has 0 atom stereocenters. The van der Waals surface area contributed by atoms with Crippen molar-refractivity contribution in [2.45, 2.75) is 26.9 Å². The molecule has 0 aliphatic carbocycles. The third-order valence-corrected chi connectivity index (χ3v) is 4.91. The van der Waals surface area contributed by atoms with Gasteiger partial charge in [0, 0.05) is 36.9 Å². The molecule has 2 amide bonds. The van der Waals surface area contributed by atoms with Crippen molar-refractivity contribution in [1.82, 2.24) is 20.0 Å². The Hall–Kier alpha value is -2.99. The molecule has 152 valence electrons. The molecule has 7 heteroatoms. The average molecular weight is 413 g/mol. The third-order valence-electron chi connectivity index (χ3n) is 4.66. The number of benzene rings is 2. The quantitative estimate of drug-likeness (QED) is 0.648. The first kappa shape index (κ1) is 20.7. The first-order valence-electron chi connectivity index (χ1n) is 9.30. The Bertz CT molecular complexity index is 975. The lowest BCUT2D eigenvalue weighted by Crippen LogP contribution is -2.36. The van der Waals surface area contributed by atoms with Crippen molar-refractivity contribution in [2.75, 3.05) is 14.2 Å². The summed E-state index contributed by atoms with van der Waals surface area (Å²) in [5.41, 5.74) is 5.01. The topological polar surface area (TPSA) is 59.4 Å². The Balaban J connectivity index is 1.57. The summed E-state index contributed by atoms with van der Waals surface area (Å²) >= 11 is 5.92. The summed E-state index contributed by atoms with van der Waals surface area (Å²) < 4.78 is 7.16. The molecule has 3 rings (SSSR count). The molecule has 0 radical (unpaired) electrons. The Morgan fingerprint density at radius 1 is 1.17 bits per heavy atom. The molecule has 2 aromatic carbocycles. The van der Waals surface area contributed by atoms with Gasteiger partial charge in [-0.3, -0.25) is 0 Å². The maximum absolute atomic E-state index is 12.5. The van der Waals surface area contributed by atoms with Crippen LogP contribution in [0.2, 0.25) is 5.02 Å². The Morgan fingerprint density at radius 3 is 2.45 bits per heavy atom. The molecule has 0 unspecified atom stereocenters. The number of nitrogens with zero attached hydrogens (tertiary/aromatic N) is 3. The minimum absolute atomic E-state index is 0.143. The van der Waals surface area contributed by atoms with Crippen LogP contribution >= 0.6 is 11.6 Å². The van der Waals surface area contributed by atoms with Crippen LogP contribution in [0.1, 0.15) is 22.3 Å². The first-order chi connectivity index (χ1) is 13.9. The van der Waals surface area contributed by atoms with Crippen molar-refractivity contribution < 1.29 is 9.53 Å². The number of hydrogen-bond donors (Lipinski definition) is 1. The van der Waals surface area contributed by atoms with Crippen molar-refractivity contribution in [1.29, 1.82) is 0 Å². The molecule has 0 saturated heterocycles. The lowest BCUT2D eigenvalue weighted by Gasteiger charge is -2.19. The van der Waals surface area contributed by atoms with Crippen molar-refractivity contribution in [3.63, 3.8) is 0 Å². The van der Waals surface area contributed by atoms with Gasteiger partial charge in [0.1, 0.15) is 5.75 Å². The van der Waals surface area contributed by atoms with Crippen LogP contribution in [0.4, 0.5) is 4.79 Å². The van der Waals surface area contributed by atoms with E-state index in [0.717, 1.165) is 33.7 Å². The summed E-state index contributed by atoms with van der Waals surface area (Å²) in [4.78, 5) is 14.1. The molecule has 0 fully saturated rings. The summed E-state index contributed by atoms with van der Waals surface area (Å²) in [5.74, 6) is 0.888. The minimum atomic E-state index is -0.143. The smallest absolute Gasteiger partial charge is 0.317 e. The Labute approximate surface area is 176 Å². The van der Waals surface area contributed by atoms with E-state index in [0.29, 0.717) is 18.1 Å². The highest BCUT2D eigenvalue weighted by Crippen LogP contribution is 2.24. The average Bonchev–Trinajstić information content (AvgIpc) is 3.15. The van der Waals surface area contributed by atoms with Crippen LogP contribution in [0.25, 0.3) is 5.69 Å². The highest BCUT2D eigenvalue weighted by atomic mass is 35.5. The molecule has 1 heterocycles. The fourth-order valence-corrected chi connectivity index (χ4v) is 3.42. The molecule has 0 spiro atoms. The molecule has 0 aliphatic heterocycles. The van der Waals surface area contributed by atoms with Gasteiger partial charge in [-0.2, -0.15) is 5.10 Å². The fraction of sp³-hybridized carbons (Fsp3) is 0.273. The van der Waals surface area contributed by atoms with Gasteiger partial charge in [-0.05, 0) is 54.8 Å². The SMILES string of the molecule is COc1c(C)cc(CN(C)C(=O)NCc2cnn(-c3ccc(Cl)cc3)c2)cc1C. The van der Waals surface area contributed by atoms with E-state index in [4.69, 9.17) is 16.3 Å². The number of nitrogens with one attached hydrogen (secondary N) is 1. The molecule has 0 saturated carbocycles. The molecule has 1 aromatic heterocycles. The number of methoxy groups -OCH3 is 1. The number of urea groups is 1. The van der Waals surface area contributed by atoms with Gasteiger partial charge in [-0.1, -0.05) is 23.7 Å². The number of rotatable bonds is 6. The molecular weight excluding hydrogens is 388 g/mol. The normalized spacial score (nSPS) is 10.7. The van der Waals surface area contributed by atoms with E-state index in [9.17, 15) is 4.79 Å². The van der Waals surface area contributed by atoms with Gasteiger partial charge in [-0.25, -0.2) is 9.48 Å². The van der Waals surface area contributed by atoms with Gasteiger partial charge < -0.3 is 15.0 Å². The number of hydrogen-bond acceptors (Lipinski definition) is 3. The predicted octanol–water partition coefficient (Wildman–Crippen LogP) is 4.49. The number of amides is 2. The molecule has 1 N–H and O–H groups in total. The van der Waals surface area contributed by atoms with Crippen molar-refractivity contribution >= 4 is 17.6 Å². The highest BCUT2D eigenvalue weighted by Gasteiger charge is 2.12. The second-order valence-electron chi connectivity index (χ2n) is 7.05. The summed E-state index contributed by atoms with van der Waals surface area (Å²) in [6.45, 7) is 4.93. The van der Waals surface area contributed by atoms with Crippen LogP contribution in [-0.2, 0) is 13.1 Å². The van der Waals surface area contributed by atoms with E-state index >= 15 is 0 Å². The van der Waals surface area contributed by atoms with E-state index in [-0.39, 0.29) is 6.03 Å². The number of carbonyl (C=O) groups excluding carboxylic acids is 1. The van der Waals surface area contributed by atoms with E-state index in [1.165, 1.54) is 0 Å². The highest BCUT2D eigenvalue weighted by molar-refractivity contribution is 6.30. The second-order valence-corrected chi connectivity index (χ2v) is 7.48. The Kier molecular flexibility index (Phi) is 6.44. The van der Waals surface area contributed by atoms with Gasteiger partial charge in [0.15, 0.2) is 0 Å². The van der Waals surface area contributed by atoms with Gasteiger partial charge in [0.2, 0.25) is 0 Å². The minimum Gasteiger partial charge on any atom is -0.496 e. The molecule has 6 nitrogen and oxygen atoms in total. The lowest BCUT2D eigenvalue weighted by atomic mass is 10.1. The molecule has 0 bridgehead atoms. The van der Waals surface area contributed by atoms with E-state index in [1.54, 1.807) is 29.9 Å². The second kappa shape index (κ2) is 9.01. The number of aromatic nitrogens is 2. The van der Waals surface area contributed by atoms with Crippen molar-refractivity contribution in [3.8, 4) is 11.4 Å². The standard InChI is InChI=1S/C22H25ClN4O2/c1-15-9-17(10-16(2)21(15)29-4)13-26(3)22(28)24-11-18-12-25-27(14-18)20-7-5-19(23)6-8-20/h5-10,12,14H,11,13H2,1-4H3,(H,24,28). The van der Waals surface area contributed by atoms with E-state index in [2.05, 4.69) is 10.4 Å². The van der Waals surface area contributed by atoms with Crippen LogP contribution in [0.5, 0.6) is 5.75 Å². The number of aryl methyl sites for hydroxylation is 2. The number of carbonyl (C=O) groups is 1. The first-order valence-corrected chi connectivity index (χ1v) is 9.67. The molecule has 3 aromatic rings. The van der Waals surface area contributed by atoms with Crippen LogP contribution in [0.15, 0.2) is 48.8 Å². The van der Waals surface area contributed by atoms with Crippen LogP contribution < -0.4 is 10.1 Å². The maximum Gasteiger partial charge on any atom is 0.317 e. The fourth-order valence-electron chi connectivity index (χ4n) is 3.30. The Morgan fingerprint density at radius 2 is 1.83 bits per heavy atom. The predicted molar refractivity (Wildman–Crippen MR) is 115 cm³/mol. The van der Waals surface area contributed by atoms with Crippen LogP contribution in [0, 0.1) is 13.8 Å². The van der Waals surface area contributed by atoms with Crippen LogP contribution in [-0.4, -0.2) is 34.9 Å². The number of ether oxygens (including phenoxy) is 1. The summed E-state index contributed by atoms with van der Waals surface area (Å²) in [6, 6.07) is 11.4. The molecule has 29 heavy (non-hydrogen) atoms. The van der Waals surface area contributed by atoms with E-state index in [1.807, 2.05) is 56.4 Å². The largest absolute Gasteiger partial charge is 0.496 e. The van der Waals surface area contributed by atoms with E-state index < -0.39 is 0 Å². The maximum atomic E-state index is 12.5. The third kappa shape index (κ3) is 5.09. The monoisotopic (exact) mass is 412 g/mol. The zero-order valence-corrected chi connectivity index (χ0v) is 17.8. The van der Waals surface area contributed by atoms with Crippen LogP contribution in [0.3, 0.4) is 0 Å². The van der Waals surface area contributed by atoms with Gasteiger partial charge in [0.05, 0.1) is 19.0 Å².